The zero-order valence-electron chi connectivity index (χ0n) is 15.7. The molecule has 0 fully saturated rings. The highest BCUT2D eigenvalue weighted by Gasteiger charge is 2.12. The Morgan fingerprint density at radius 1 is 0.448 bits per heavy atom. The molecule has 6 aromatic rings. The summed E-state index contributed by atoms with van der Waals surface area (Å²) in [4.78, 5) is 0. The Labute approximate surface area is 177 Å². The molecule has 0 saturated carbocycles. The van der Waals surface area contributed by atoms with Crippen LogP contribution in [0.1, 0.15) is 0 Å². The monoisotopic (exact) mass is 432 g/mol. The van der Waals surface area contributed by atoms with E-state index in [4.69, 9.17) is 0 Å². The molecule has 0 nitrogen and oxygen atoms in total. The molecule has 0 spiro atoms. The smallest absolute Gasteiger partial charge is 0.0259 e. The van der Waals surface area contributed by atoms with Crippen LogP contribution in [-0.2, 0) is 0 Å². The van der Waals surface area contributed by atoms with E-state index < -0.39 is 0 Å². The van der Waals surface area contributed by atoms with Gasteiger partial charge in [0.05, 0.1) is 0 Å². The first-order valence-electron chi connectivity index (χ1n) is 9.81. The predicted molar refractivity (Wildman–Crippen MR) is 130 cm³/mol. The first-order valence-corrected chi connectivity index (χ1v) is 10.6. The summed E-state index contributed by atoms with van der Waals surface area (Å²) < 4.78 is 1.13. The fraction of sp³-hybridized carbons (Fsp3) is 0. The summed E-state index contributed by atoms with van der Waals surface area (Å²) in [5.41, 5.74) is 2.51. The molecular weight excluding hydrogens is 416 g/mol. The fourth-order valence-corrected chi connectivity index (χ4v) is 5.14. The number of benzene rings is 6. The minimum atomic E-state index is 1.13. The van der Waals surface area contributed by atoms with Crippen molar-refractivity contribution < 1.29 is 0 Å². The van der Waals surface area contributed by atoms with Crippen LogP contribution in [0.5, 0.6) is 0 Å². The van der Waals surface area contributed by atoms with E-state index in [1.807, 2.05) is 0 Å². The maximum absolute atomic E-state index is 3.79. The van der Waals surface area contributed by atoms with Gasteiger partial charge in [-0.2, -0.15) is 0 Å². The van der Waals surface area contributed by atoms with Crippen LogP contribution in [0.25, 0.3) is 54.2 Å². The van der Waals surface area contributed by atoms with E-state index in [9.17, 15) is 0 Å². The Balaban J connectivity index is 1.77. The Kier molecular flexibility index (Phi) is 3.72. The number of halogens is 1. The topological polar surface area (TPSA) is 0 Å². The quantitative estimate of drug-likeness (QED) is 0.228. The maximum atomic E-state index is 3.79. The van der Waals surface area contributed by atoms with Gasteiger partial charge < -0.3 is 0 Å². The molecule has 0 amide bonds. The molecule has 0 aromatic heterocycles. The van der Waals surface area contributed by atoms with Crippen molar-refractivity contribution in [1.82, 2.24) is 0 Å². The lowest BCUT2D eigenvalue weighted by atomic mass is 9.90. The van der Waals surface area contributed by atoms with Crippen molar-refractivity contribution in [2.75, 3.05) is 0 Å². The van der Waals surface area contributed by atoms with E-state index in [0.717, 1.165) is 4.47 Å². The lowest BCUT2D eigenvalue weighted by Gasteiger charge is -2.14. The van der Waals surface area contributed by atoms with E-state index >= 15 is 0 Å². The van der Waals surface area contributed by atoms with Crippen LogP contribution < -0.4 is 0 Å². The number of rotatable bonds is 1. The first kappa shape index (κ1) is 16.8. The fourth-order valence-electron chi connectivity index (χ4n) is 4.54. The first-order chi connectivity index (χ1) is 14.3. The zero-order valence-corrected chi connectivity index (χ0v) is 17.3. The van der Waals surface area contributed by atoms with E-state index in [1.54, 1.807) is 0 Å². The minimum Gasteiger partial charge on any atom is -0.0616 e. The van der Waals surface area contributed by atoms with Gasteiger partial charge in [-0.1, -0.05) is 101 Å². The normalized spacial score (nSPS) is 11.6. The van der Waals surface area contributed by atoms with E-state index in [2.05, 4.69) is 119 Å². The summed E-state index contributed by atoms with van der Waals surface area (Å²) in [5.74, 6) is 0. The summed E-state index contributed by atoms with van der Waals surface area (Å²) in [6.07, 6.45) is 0. The van der Waals surface area contributed by atoms with Gasteiger partial charge in [0.15, 0.2) is 0 Å². The van der Waals surface area contributed by atoms with Gasteiger partial charge in [-0.25, -0.2) is 0 Å². The second kappa shape index (κ2) is 6.43. The molecule has 0 saturated heterocycles. The standard InChI is InChI=1S/C28H17Br/c29-27-17-21(15-19-8-2-3-9-22(19)27)26-16-20-14-13-18-7-1-4-10-23(18)28(20)25-12-6-5-11-24(25)26/h1-17H. The number of hydrogen-bond acceptors (Lipinski definition) is 0. The zero-order chi connectivity index (χ0) is 19.4. The van der Waals surface area contributed by atoms with Crippen molar-refractivity contribution in [2.24, 2.45) is 0 Å². The molecule has 0 heterocycles. The van der Waals surface area contributed by atoms with E-state index in [1.165, 1.54) is 54.2 Å². The molecule has 136 valence electrons. The molecule has 6 aromatic carbocycles. The van der Waals surface area contributed by atoms with Gasteiger partial charge in [-0.15, -0.1) is 0 Å². The van der Waals surface area contributed by atoms with Crippen molar-refractivity contribution in [2.45, 2.75) is 0 Å². The lowest BCUT2D eigenvalue weighted by Crippen LogP contribution is -1.87. The van der Waals surface area contributed by atoms with Crippen LogP contribution in [0.2, 0.25) is 0 Å². The van der Waals surface area contributed by atoms with Gasteiger partial charge in [0.1, 0.15) is 0 Å². The molecular formula is C28H17Br. The van der Waals surface area contributed by atoms with E-state index in [0.29, 0.717) is 0 Å². The van der Waals surface area contributed by atoms with Gasteiger partial charge in [0.2, 0.25) is 0 Å². The highest BCUT2D eigenvalue weighted by Crippen LogP contribution is 2.40. The average Bonchev–Trinajstić information content (AvgIpc) is 2.78. The Morgan fingerprint density at radius 3 is 1.90 bits per heavy atom. The molecule has 0 bridgehead atoms. The average molecular weight is 433 g/mol. The molecule has 0 unspecified atom stereocenters. The molecule has 6 rings (SSSR count). The summed E-state index contributed by atoms with van der Waals surface area (Å²) in [6.45, 7) is 0. The Hall–Kier alpha value is -3.16. The van der Waals surface area contributed by atoms with Crippen LogP contribution in [0, 0.1) is 0 Å². The van der Waals surface area contributed by atoms with Crippen molar-refractivity contribution in [3.8, 4) is 11.1 Å². The Bertz CT molecular complexity index is 1560. The summed E-state index contributed by atoms with van der Waals surface area (Å²) in [5, 5.41) is 10.3. The van der Waals surface area contributed by atoms with Crippen LogP contribution in [-0.4, -0.2) is 0 Å². The van der Waals surface area contributed by atoms with Crippen LogP contribution in [0.15, 0.2) is 108 Å². The van der Waals surface area contributed by atoms with Gasteiger partial charge in [0.25, 0.3) is 0 Å². The highest BCUT2D eigenvalue weighted by atomic mass is 79.9. The molecule has 1 heteroatoms. The van der Waals surface area contributed by atoms with Gasteiger partial charge in [-0.3, -0.25) is 0 Å². The Morgan fingerprint density at radius 2 is 1.07 bits per heavy atom. The largest absolute Gasteiger partial charge is 0.0616 e. The number of fused-ring (bicyclic) bond motifs is 6. The van der Waals surface area contributed by atoms with Crippen molar-refractivity contribution in [3.63, 3.8) is 0 Å². The maximum Gasteiger partial charge on any atom is 0.0259 e. The predicted octanol–water partition coefficient (Wildman–Crippen LogP) is 8.73. The molecule has 29 heavy (non-hydrogen) atoms. The second-order valence-electron chi connectivity index (χ2n) is 7.53. The summed E-state index contributed by atoms with van der Waals surface area (Å²) in [6, 6.07) is 37.3. The van der Waals surface area contributed by atoms with Gasteiger partial charge in [0, 0.05) is 4.47 Å². The molecule has 0 aliphatic rings. The third-order valence-electron chi connectivity index (χ3n) is 5.87. The van der Waals surface area contributed by atoms with Crippen LogP contribution in [0.4, 0.5) is 0 Å². The minimum absolute atomic E-state index is 1.13. The SMILES string of the molecule is Brc1cc(-c2cc3ccc4ccccc4c3c3ccccc23)cc2ccccc12. The van der Waals surface area contributed by atoms with Crippen molar-refractivity contribution in [1.29, 1.82) is 0 Å². The second-order valence-corrected chi connectivity index (χ2v) is 8.39. The van der Waals surface area contributed by atoms with Gasteiger partial charge >= 0.3 is 0 Å². The molecule has 0 radical (unpaired) electrons. The third-order valence-corrected chi connectivity index (χ3v) is 6.53. The molecule has 0 aliphatic carbocycles. The number of hydrogen-bond donors (Lipinski definition) is 0. The van der Waals surface area contributed by atoms with Crippen molar-refractivity contribution >= 4 is 59.0 Å². The van der Waals surface area contributed by atoms with Crippen molar-refractivity contribution in [3.05, 3.63) is 108 Å². The van der Waals surface area contributed by atoms with Crippen LogP contribution in [0.3, 0.4) is 0 Å². The molecule has 0 aliphatic heterocycles. The third kappa shape index (κ3) is 2.58. The molecule has 0 atom stereocenters. The van der Waals surface area contributed by atoms with Gasteiger partial charge in [-0.05, 0) is 72.4 Å². The lowest BCUT2D eigenvalue weighted by molar-refractivity contribution is 1.67. The summed E-state index contributed by atoms with van der Waals surface area (Å²) >= 11 is 3.79. The van der Waals surface area contributed by atoms with Crippen LogP contribution >= 0.6 is 15.9 Å². The van der Waals surface area contributed by atoms with E-state index in [-0.39, 0.29) is 0 Å². The highest BCUT2D eigenvalue weighted by molar-refractivity contribution is 9.10. The molecule has 0 N–H and O–H groups in total. The summed E-state index contributed by atoms with van der Waals surface area (Å²) in [7, 11) is 0.